The molecule has 0 heterocycles. The van der Waals surface area contributed by atoms with E-state index in [4.69, 9.17) is 14.2 Å². The highest BCUT2D eigenvalue weighted by Gasteiger charge is 2.07. The minimum absolute atomic E-state index is 0.103. The van der Waals surface area contributed by atoms with Crippen molar-refractivity contribution in [1.82, 2.24) is 4.90 Å². The van der Waals surface area contributed by atoms with Gasteiger partial charge in [0.1, 0.15) is 5.91 Å². The first kappa shape index (κ1) is 17.1. The third-order valence-electron chi connectivity index (χ3n) is 2.37. The van der Waals surface area contributed by atoms with Crippen LogP contribution in [-0.2, 0) is 14.2 Å². The smallest absolute Gasteiger partial charge is 0.134 e. The molecule has 5 heteroatoms. The van der Waals surface area contributed by atoms with E-state index in [1.807, 2.05) is 13.8 Å². The molecule has 17 heavy (non-hydrogen) atoms. The fourth-order valence-electron chi connectivity index (χ4n) is 1.45. The Morgan fingerprint density at radius 3 is 2.24 bits per heavy atom. The van der Waals surface area contributed by atoms with Crippen LogP contribution in [0.3, 0.4) is 0 Å². The molecule has 0 rings (SSSR count). The van der Waals surface area contributed by atoms with E-state index in [2.05, 4.69) is 19.0 Å². The maximum atomic E-state index is 5.55. The van der Waals surface area contributed by atoms with Crippen LogP contribution in [0.5, 0.6) is 0 Å². The van der Waals surface area contributed by atoms with Crippen LogP contribution in [-0.4, -0.2) is 67.4 Å². The van der Waals surface area contributed by atoms with E-state index in [1.54, 1.807) is 0 Å². The zero-order valence-electron chi connectivity index (χ0n) is 11.9. The Labute approximate surface area is 108 Å². The minimum atomic E-state index is -0.281. The molecule has 4 nitrogen and oxygen atoms in total. The van der Waals surface area contributed by atoms with Gasteiger partial charge in [0.05, 0.1) is 16.1 Å². The zero-order chi connectivity index (χ0) is 12.9. The third-order valence-corrected chi connectivity index (χ3v) is 4.22. The topological polar surface area (TPSA) is 30.9 Å². The standard InChI is InChI=1S/C12H29NO3Si/c1-5-15-12(16-6-2)17-11-7-9-14-10-8-13(3)4/h12H,5-11,17H2,1-4H3. The SMILES string of the molecule is CCOC(OCC)[SiH2]CCCOCCN(C)C. The van der Waals surface area contributed by atoms with Crippen LogP contribution in [0.1, 0.15) is 20.3 Å². The summed E-state index contributed by atoms with van der Waals surface area (Å²) in [7, 11) is 3.84. The van der Waals surface area contributed by atoms with E-state index >= 15 is 0 Å². The van der Waals surface area contributed by atoms with Gasteiger partial charge in [-0.2, -0.15) is 0 Å². The van der Waals surface area contributed by atoms with E-state index in [9.17, 15) is 0 Å². The average Bonchev–Trinajstić information content (AvgIpc) is 2.28. The molecule has 0 radical (unpaired) electrons. The second-order valence-electron chi connectivity index (χ2n) is 4.25. The number of hydrogen-bond acceptors (Lipinski definition) is 4. The third kappa shape index (κ3) is 12.3. The largest absolute Gasteiger partial charge is 0.380 e. The molecule has 0 saturated carbocycles. The maximum absolute atomic E-state index is 5.55. The van der Waals surface area contributed by atoms with Gasteiger partial charge in [0.25, 0.3) is 0 Å². The first-order valence-electron chi connectivity index (χ1n) is 6.66. The summed E-state index contributed by atoms with van der Waals surface area (Å²) in [5.41, 5.74) is 0. The molecule has 0 spiro atoms. The molecule has 0 aliphatic heterocycles. The van der Waals surface area contributed by atoms with Gasteiger partial charge in [-0.25, -0.2) is 0 Å². The molecule has 0 N–H and O–H groups in total. The summed E-state index contributed by atoms with van der Waals surface area (Å²) in [6, 6.07) is 1.23. The van der Waals surface area contributed by atoms with Crippen LogP contribution in [0.25, 0.3) is 0 Å². The quantitative estimate of drug-likeness (QED) is 0.297. The van der Waals surface area contributed by atoms with Gasteiger partial charge in [-0.3, -0.25) is 0 Å². The van der Waals surface area contributed by atoms with Crippen LogP contribution >= 0.6 is 0 Å². The second kappa shape index (κ2) is 12.5. The van der Waals surface area contributed by atoms with Crippen molar-refractivity contribution in [3.63, 3.8) is 0 Å². The van der Waals surface area contributed by atoms with Crippen molar-refractivity contribution in [2.75, 3.05) is 47.1 Å². The van der Waals surface area contributed by atoms with Crippen LogP contribution in [0, 0.1) is 0 Å². The molecule has 0 aromatic heterocycles. The van der Waals surface area contributed by atoms with Crippen molar-refractivity contribution in [3.05, 3.63) is 0 Å². The lowest BCUT2D eigenvalue weighted by atomic mass is 10.5. The van der Waals surface area contributed by atoms with Crippen molar-refractivity contribution in [3.8, 4) is 0 Å². The predicted octanol–water partition coefficient (Wildman–Crippen LogP) is 0.898. The summed E-state index contributed by atoms with van der Waals surface area (Å²) in [6.45, 7) is 8.22. The second-order valence-corrected chi connectivity index (χ2v) is 6.20. The van der Waals surface area contributed by atoms with E-state index in [1.165, 1.54) is 6.04 Å². The van der Waals surface area contributed by atoms with Crippen molar-refractivity contribution in [2.24, 2.45) is 0 Å². The molecule has 0 aromatic rings. The van der Waals surface area contributed by atoms with E-state index in [0.29, 0.717) is 0 Å². The lowest BCUT2D eigenvalue weighted by Crippen LogP contribution is -2.24. The zero-order valence-corrected chi connectivity index (χ0v) is 13.3. The van der Waals surface area contributed by atoms with Crippen LogP contribution in [0.4, 0.5) is 0 Å². The Kier molecular flexibility index (Phi) is 12.6. The lowest BCUT2D eigenvalue weighted by Gasteiger charge is -2.16. The number of hydrogen-bond donors (Lipinski definition) is 0. The normalized spacial score (nSPS) is 12.4. The lowest BCUT2D eigenvalue weighted by molar-refractivity contribution is -0.0828. The summed E-state index contributed by atoms with van der Waals surface area (Å²) in [4.78, 5) is 2.13. The summed E-state index contributed by atoms with van der Waals surface area (Å²) in [6.07, 6.45) is 1.14. The van der Waals surface area contributed by atoms with Gasteiger partial charge in [0.2, 0.25) is 0 Å². The highest BCUT2D eigenvalue weighted by molar-refractivity contribution is 6.36. The molecule has 0 fully saturated rings. The molecule has 0 bridgehead atoms. The Balaban J connectivity index is 3.29. The Morgan fingerprint density at radius 1 is 1.06 bits per heavy atom. The monoisotopic (exact) mass is 263 g/mol. The highest BCUT2D eigenvalue weighted by Crippen LogP contribution is 1.99. The summed E-state index contributed by atoms with van der Waals surface area (Å²) in [5.74, 6) is 0.103. The fraction of sp³-hybridized carbons (Fsp3) is 1.00. The van der Waals surface area contributed by atoms with E-state index < -0.39 is 0 Å². The Hall–Kier alpha value is 0.0569. The highest BCUT2D eigenvalue weighted by atomic mass is 28.2. The first-order chi connectivity index (χ1) is 8.20. The molecule has 104 valence electrons. The molecule has 0 aromatic carbocycles. The molecular formula is C12H29NO3Si. The van der Waals surface area contributed by atoms with Gasteiger partial charge < -0.3 is 19.1 Å². The minimum Gasteiger partial charge on any atom is -0.380 e. The molecule has 0 aliphatic carbocycles. The Morgan fingerprint density at radius 2 is 1.71 bits per heavy atom. The molecule has 0 amide bonds. The summed E-state index contributed by atoms with van der Waals surface area (Å²) >= 11 is 0. The van der Waals surface area contributed by atoms with E-state index in [-0.39, 0.29) is 15.4 Å². The number of nitrogens with zero attached hydrogens (tertiary/aromatic N) is 1. The molecular weight excluding hydrogens is 234 g/mol. The van der Waals surface area contributed by atoms with Gasteiger partial charge in [-0.05, 0) is 34.4 Å². The van der Waals surface area contributed by atoms with Gasteiger partial charge >= 0.3 is 0 Å². The van der Waals surface area contributed by atoms with E-state index in [0.717, 1.165) is 39.4 Å². The fourth-order valence-corrected chi connectivity index (χ4v) is 3.08. The molecule has 0 aliphatic rings. The van der Waals surface area contributed by atoms with Crippen molar-refractivity contribution >= 4 is 9.52 Å². The first-order valence-corrected chi connectivity index (χ1v) is 8.48. The summed E-state index contributed by atoms with van der Waals surface area (Å²) < 4.78 is 16.6. The van der Waals surface area contributed by atoms with Crippen molar-refractivity contribution in [2.45, 2.75) is 32.2 Å². The van der Waals surface area contributed by atoms with Crippen molar-refractivity contribution in [1.29, 1.82) is 0 Å². The van der Waals surface area contributed by atoms with Gasteiger partial charge in [0.15, 0.2) is 0 Å². The number of ether oxygens (including phenoxy) is 3. The predicted molar refractivity (Wildman–Crippen MR) is 74.4 cm³/mol. The number of rotatable bonds is 12. The average molecular weight is 263 g/mol. The number of likely N-dealkylation sites (N-methyl/N-ethyl adjacent to an activating group) is 1. The molecule has 0 saturated heterocycles. The van der Waals surface area contributed by atoms with Crippen LogP contribution in [0.15, 0.2) is 0 Å². The molecule has 0 unspecified atom stereocenters. The van der Waals surface area contributed by atoms with Crippen LogP contribution < -0.4 is 0 Å². The summed E-state index contributed by atoms with van der Waals surface area (Å²) in [5, 5.41) is 0. The molecule has 0 atom stereocenters. The Bertz CT molecular complexity index is 153. The van der Waals surface area contributed by atoms with Gasteiger partial charge in [-0.1, -0.05) is 6.04 Å². The van der Waals surface area contributed by atoms with Crippen LogP contribution in [0.2, 0.25) is 6.04 Å². The van der Waals surface area contributed by atoms with Gasteiger partial charge in [0, 0.05) is 26.4 Å². The van der Waals surface area contributed by atoms with Crippen molar-refractivity contribution < 1.29 is 14.2 Å². The van der Waals surface area contributed by atoms with Gasteiger partial charge in [-0.15, -0.1) is 0 Å². The maximum Gasteiger partial charge on any atom is 0.134 e.